The lowest BCUT2D eigenvalue weighted by atomic mass is 10.0. The highest BCUT2D eigenvalue weighted by Gasteiger charge is 2.30. The van der Waals surface area contributed by atoms with Crippen molar-refractivity contribution >= 4 is 5.97 Å². The summed E-state index contributed by atoms with van der Waals surface area (Å²) in [5.74, 6) is 1.36. The van der Waals surface area contributed by atoms with E-state index in [-0.39, 0.29) is 0 Å². The Morgan fingerprint density at radius 2 is 0.875 bits per heavy atom. The van der Waals surface area contributed by atoms with Crippen LogP contribution in [0.15, 0.2) is 12.7 Å². The Kier molecular flexibility index (Phi) is 79.0. The molecular formula is C10H22F6O8. The molecule has 24 heavy (non-hydrogen) atoms. The van der Waals surface area contributed by atoms with E-state index in [1.165, 1.54) is 11.8 Å². The number of carboxylic acid groups (broad SMARTS) is 1. The lowest BCUT2D eigenvalue weighted by Gasteiger charge is -2.05. The Morgan fingerprint density at radius 3 is 0.917 bits per heavy atom. The first-order valence-corrected chi connectivity index (χ1v) is 5.59. The van der Waals surface area contributed by atoms with E-state index in [1.54, 1.807) is 32.1 Å². The zero-order valence-corrected chi connectivity index (χ0v) is 12.3. The summed E-state index contributed by atoms with van der Waals surface area (Å²) in [6.45, 7) is 2.96. The molecule has 0 atom stereocenters. The second kappa shape index (κ2) is 49.6. The molecule has 14 heteroatoms. The van der Waals surface area contributed by atoms with E-state index >= 15 is 0 Å². The number of rotatable bonds is 1. The second-order valence-electron chi connectivity index (χ2n) is 3.66. The topological polar surface area (TPSA) is 159 Å². The Bertz CT molecular complexity index is 186. The fourth-order valence-corrected chi connectivity index (χ4v) is 2.17. The molecule has 0 saturated heterocycles. The van der Waals surface area contributed by atoms with Gasteiger partial charge in [0.1, 0.15) is 0 Å². The fraction of sp³-hybridized carbons (Fsp3) is 0.700. The molecule has 0 amide bonds. The Morgan fingerprint density at radius 1 is 0.708 bits per heavy atom. The maximum atomic E-state index is 9.25. The molecule has 0 spiro atoms. The van der Waals surface area contributed by atoms with Crippen LogP contribution in [0.2, 0.25) is 0 Å². The molecule has 2 aliphatic carbocycles. The van der Waals surface area contributed by atoms with Gasteiger partial charge in [-0.1, -0.05) is 59.4 Å². The van der Waals surface area contributed by atoms with E-state index in [9.17, 15) is 4.79 Å². The lowest BCUT2D eigenvalue weighted by Crippen LogP contribution is -1.90. The monoisotopic (exact) mass is 384 g/mol. The van der Waals surface area contributed by atoms with E-state index in [0.717, 1.165) is 6.08 Å². The third-order valence-corrected chi connectivity index (χ3v) is 2.81. The van der Waals surface area contributed by atoms with Gasteiger partial charge >= 0.3 is 5.97 Å². The third kappa shape index (κ3) is 37.1. The van der Waals surface area contributed by atoms with Crippen molar-refractivity contribution in [3.05, 3.63) is 12.7 Å². The molecule has 152 valence electrons. The minimum absolute atomic E-state index is 0.833. The van der Waals surface area contributed by atoms with Crippen molar-refractivity contribution < 1.29 is 68.9 Å². The fourth-order valence-electron chi connectivity index (χ4n) is 2.17. The van der Waals surface area contributed by atoms with Crippen LogP contribution in [0.25, 0.3) is 0 Å². The molecule has 0 heterocycles. The lowest BCUT2D eigenvalue weighted by molar-refractivity contribution is -0.131. The van der Waals surface area contributed by atoms with Crippen LogP contribution >= 0.6 is 0 Å². The van der Waals surface area contributed by atoms with Crippen LogP contribution in [0.4, 0.5) is 27.2 Å². The molecule has 2 rings (SSSR count). The van der Waals surface area contributed by atoms with Crippen LogP contribution < -0.4 is 0 Å². The number of carbonyl (C=O) groups is 1. The summed E-state index contributed by atoms with van der Waals surface area (Å²) < 4.78 is 51.0. The Balaban J connectivity index is -0.0000000429. The first-order chi connectivity index (χ1) is 11.7. The highest BCUT2D eigenvalue weighted by atomic mass is 19.3. The van der Waals surface area contributed by atoms with Gasteiger partial charge < -0.3 is 5.11 Å². The van der Waals surface area contributed by atoms with Gasteiger partial charge in [-0.25, -0.2) is 36.7 Å². The van der Waals surface area contributed by atoms with E-state index in [0.29, 0.717) is 0 Å². The van der Waals surface area contributed by atoms with Crippen molar-refractivity contribution in [3.8, 4) is 0 Å². The quantitative estimate of drug-likeness (QED) is 0.265. The maximum absolute atomic E-state index is 9.25. The van der Waals surface area contributed by atoms with Gasteiger partial charge in [0.05, 0.1) is 0 Å². The first-order valence-electron chi connectivity index (χ1n) is 5.59. The van der Waals surface area contributed by atoms with Crippen LogP contribution in [0.5, 0.6) is 0 Å². The Hall–Kier alpha value is -1.45. The predicted molar refractivity (Wildman–Crippen MR) is 67.9 cm³/mol. The molecule has 0 aromatic rings. The van der Waals surface area contributed by atoms with E-state index < -0.39 is 5.97 Å². The van der Waals surface area contributed by atoms with Gasteiger partial charge in [-0.3, -0.25) is 0 Å². The largest absolute Gasteiger partial charge is 0.478 e. The van der Waals surface area contributed by atoms with E-state index in [1.807, 2.05) is 0 Å². The molecule has 0 aromatic heterocycles. The van der Waals surface area contributed by atoms with Crippen LogP contribution in [0.1, 0.15) is 32.1 Å². The minimum Gasteiger partial charge on any atom is -0.478 e. The first kappa shape index (κ1) is 38.2. The van der Waals surface area contributed by atoms with Crippen molar-refractivity contribution in [1.82, 2.24) is 0 Å². The second-order valence-corrected chi connectivity index (χ2v) is 3.66. The summed E-state index contributed by atoms with van der Waals surface area (Å²) in [6, 6.07) is 0. The molecule has 2 aliphatic rings. The highest BCUT2D eigenvalue weighted by molar-refractivity contribution is 5.78. The van der Waals surface area contributed by atoms with Gasteiger partial charge in [0, 0.05) is 6.08 Å². The van der Waals surface area contributed by atoms with Crippen molar-refractivity contribution in [2.45, 2.75) is 32.1 Å². The van der Waals surface area contributed by atoms with Gasteiger partial charge in [-0.15, -0.1) is 0 Å². The molecule has 2 saturated carbocycles. The normalized spacial score (nSPS) is 16.8. The van der Waals surface area contributed by atoms with Crippen LogP contribution in [-0.2, 0) is 4.79 Å². The summed E-state index contributed by atoms with van der Waals surface area (Å²) in [5, 5.41) is 40.6. The number of aliphatic carboxylic acids is 1. The van der Waals surface area contributed by atoms with Crippen LogP contribution in [-0.4, -0.2) is 42.9 Å². The van der Waals surface area contributed by atoms with Gasteiger partial charge in [0.25, 0.3) is 0 Å². The number of fused-ring (bicyclic) bond motifs is 2. The average molecular weight is 384 g/mol. The van der Waals surface area contributed by atoms with Crippen LogP contribution in [0, 0.1) is 11.8 Å². The summed E-state index contributed by atoms with van der Waals surface area (Å²) in [6.07, 6.45) is 8.66. The number of carboxylic acids is 1. The summed E-state index contributed by atoms with van der Waals surface area (Å²) in [7, 11) is 0. The molecule has 8 nitrogen and oxygen atoms in total. The maximum Gasteiger partial charge on any atom is 0.327 e. The van der Waals surface area contributed by atoms with E-state index in [2.05, 4.69) is 6.58 Å². The van der Waals surface area contributed by atoms with Gasteiger partial charge in [0.15, 0.2) is 0 Å². The molecule has 2 fully saturated rings. The third-order valence-electron chi connectivity index (χ3n) is 2.81. The Labute approximate surface area is 132 Å². The zero-order valence-electron chi connectivity index (χ0n) is 12.3. The van der Waals surface area contributed by atoms with Gasteiger partial charge in [0.2, 0.25) is 0 Å². The molecule has 0 radical (unpaired) electrons. The molecule has 0 aliphatic heterocycles. The molecule has 0 unspecified atom stereocenters. The average Bonchev–Trinajstić information content (AvgIpc) is 3.38. The highest BCUT2D eigenvalue weighted by Crippen LogP contribution is 2.43. The van der Waals surface area contributed by atoms with Gasteiger partial charge in [-0.05, 0) is 18.3 Å². The molecular weight excluding hydrogens is 362 g/mol. The number of hydrogen-bond acceptors (Lipinski definition) is 7. The molecule has 2 bridgehead atoms. The van der Waals surface area contributed by atoms with E-state index in [4.69, 9.17) is 64.1 Å². The predicted octanol–water partition coefficient (Wildman–Crippen LogP) is 1.63. The summed E-state index contributed by atoms with van der Waals surface area (Å²) in [5.41, 5.74) is 0. The van der Waals surface area contributed by atoms with Crippen LogP contribution in [0.3, 0.4) is 0 Å². The van der Waals surface area contributed by atoms with Crippen molar-refractivity contribution in [2.24, 2.45) is 11.8 Å². The molecule has 0 aromatic carbocycles. The van der Waals surface area contributed by atoms with Crippen molar-refractivity contribution in [3.63, 3.8) is 0 Å². The van der Waals surface area contributed by atoms with Crippen molar-refractivity contribution in [1.29, 1.82) is 0 Å². The molecule has 7 N–H and O–H groups in total. The SMILES string of the molecule is C1CC2CCC1C2.C=CC(=O)O.OF.OF.OF.OF.OF.OF. The zero-order chi connectivity index (χ0) is 21.0. The number of hydrogen-bond donors (Lipinski definition) is 7. The summed E-state index contributed by atoms with van der Waals surface area (Å²) >= 11 is 0. The minimum atomic E-state index is -0.981. The number of halogens is 6. The smallest absolute Gasteiger partial charge is 0.327 e. The van der Waals surface area contributed by atoms with Crippen molar-refractivity contribution in [2.75, 3.05) is 0 Å². The standard InChI is InChI=1S/C7H12.C3H4O2.6FHO/c1-2-7-4-3-6(1)5-7;1-2-3(4)5;6*1-2/h6-7H,1-5H2;2H,1H2,(H,4,5);6*2H. The van der Waals surface area contributed by atoms with Gasteiger partial charge in [-0.2, -0.15) is 0 Å². The summed E-state index contributed by atoms with van der Waals surface area (Å²) in [4.78, 5) is 9.25.